The van der Waals surface area contributed by atoms with Crippen LogP contribution in [0.3, 0.4) is 0 Å². The number of nitrogens with two attached hydrogens (primary N) is 1. The topological polar surface area (TPSA) is 98.3 Å². The largest absolute Gasteiger partial charge is 0.392 e. The average molecular weight is 297 g/mol. The number of nitrogen functional groups attached to an aromatic ring is 1. The van der Waals surface area contributed by atoms with Crippen molar-refractivity contribution in [1.29, 1.82) is 0 Å². The lowest BCUT2D eigenvalue weighted by molar-refractivity contribution is -0.384. The number of nitro groups is 1. The molecule has 0 bridgehead atoms. The minimum absolute atomic E-state index is 0.175. The number of amides is 1. The third kappa shape index (κ3) is 3.68. The Morgan fingerprint density at radius 2 is 2.00 bits per heavy atom. The third-order valence-corrected chi connectivity index (χ3v) is 3.71. The van der Waals surface area contributed by atoms with E-state index in [1.165, 1.54) is 0 Å². The molecule has 1 rings (SSSR count). The molecule has 0 aliphatic carbocycles. The predicted molar refractivity (Wildman–Crippen MR) is 78.5 cm³/mol. The fourth-order valence-electron chi connectivity index (χ4n) is 2.36. The van der Waals surface area contributed by atoms with Gasteiger partial charge in [0.25, 0.3) is 11.6 Å². The lowest BCUT2D eigenvalue weighted by Gasteiger charge is -2.22. The summed E-state index contributed by atoms with van der Waals surface area (Å²) in [5.41, 5.74) is 4.16. The van der Waals surface area contributed by atoms with Crippen LogP contribution in [0, 0.1) is 21.8 Å². The number of halogens is 1. The van der Waals surface area contributed by atoms with Crippen LogP contribution in [0.4, 0.5) is 15.8 Å². The van der Waals surface area contributed by atoms with Gasteiger partial charge in [-0.2, -0.15) is 0 Å². The number of hydrogen-bond donors (Lipinski definition) is 2. The molecule has 0 saturated heterocycles. The SMILES string of the molecule is CCC(CC)C(C)NC(=O)c1c(F)ccc([N+](=O)[O-])c1N. The second-order valence-electron chi connectivity index (χ2n) is 4.95. The Morgan fingerprint density at radius 3 is 2.48 bits per heavy atom. The van der Waals surface area contributed by atoms with Crippen molar-refractivity contribution < 1.29 is 14.1 Å². The highest BCUT2D eigenvalue weighted by atomic mass is 19.1. The zero-order valence-electron chi connectivity index (χ0n) is 12.4. The molecule has 3 N–H and O–H groups in total. The maximum atomic E-state index is 13.8. The molecule has 0 heterocycles. The van der Waals surface area contributed by atoms with Gasteiger partial charge in [0.05, 0.1) is 4.92 Å². The van der Waals surface area contributed by atoms with Crippen molar-refractivity contribution in [2.75, 3.05) is 5.73 Å². The average Bonchev–Trinajstić information content (AvgIpc) is 2.39. The summed E-state index contributed by atoms with van der Waals surface area (Å²) in [6.45, 7) is 5.82. The summed E-state index contributed by atoms with van der Waals surface area (Å²) in [6.07, 6.45) is 1.73. The van der Waals surface area contributed by atoms with Gasteiger partial charge in [-0.1, -0.05) is 26.7 Å². The molecule has 21 heavy (non-hydrogen) atoms. The first-order chi connectivity index (χ1) is 9.83. The summed E-state index contributed by atoms with van der Waals surface area (Å²) in [5, 5.41) is 13.5. The van der Waals surface area contributed by atoms with E-state index in [0.29, 0.717) is 0 Å². The summed E-state index contributed by atoms with van der Waals surface area (Å²) in [7, 11) is 0. The van der Waals surface area contributed by atoms with Crippen LogP contribution in [-0.4, -0.2) is 16.9 Å². The minimum atomic E-state index is -0.868. The molecule has 0 aromatic heterocycles. The van der Waals surface area contributed by atoms with Gasteiger partial charge >= 0.3 is 0 Å². The van der Waals surface area contributed by atoms with Gasteiger partial charge in [0, 0.05) is 12.1 Å². The van der Waals surface area contributed by atoms with Crippen molar-refractivity contribution in [2.24, 2.45) is 5.92 Å². The molecule has 0 spiro atoms. The zero-order valence-corrected chi connectivity index (χ0v) is 12.4. The van der Waals surface area contributed by atoms with Crippen molar-refractivity contribution in [2.45, 2.75) is 39.7 Å². The highest BCUT2D eigenvalue weighted by Crippen LogP contribution is 2.27. The Labute approximate surface area is 122 Å². The Hall–Kier alpha value is -2.18. The van der Waals surface area contributed by atoms with E-state index >= 15 is 0 Å². The number of anilines is 1. The van der Waals surface area contributed by atoms with Gasteiger partial charge in [0.1, 0.15) is 17.1 Å². The molecule has 0 saturated carbocycles. The predicted octanol–water partition coefficient (Wildman–Crippen LogP) is 2.87. The van der Waals surface area contributed by atoms with Crippen molar-refractivity contribution >= 4 is 17.3 Å². The number of benzene rings is 1. The second kappa shape index (κ2) is 7.01. The molecule has 6 nitrogen and oxygen atoms in total. The van der Waals surface area contributed by atoms with Crippen molar-refractivity contribution in [3.8, 4) is 0 Å². The molecule has 7 heteroatoms. The number of carbonyl (C=O) groups excluding carboxylic acids is 1. The number of nitrogens with zero attached hydrogens (tertiary/aromatic N) is 1. The molecule has 1 atom stereocenters. The fraction of sp³-hybridized carbons (Fsp3) is 0.500. The van der Waals surface area contributed by atoms with Gasteiger partial charge in [-0.05, 0) is 18.9 Å². The van der Waals surface area contributed by atoms with Crippen molar-refractivity contribution in [3.63, 3.8) is 0 Å². The van der Waals surface area contributed by atoms with Crippen LogP contribution in [0.15, 0.2) is 12.1 Å². The summed E-state index contributed by atoms with van der Waals surface area (Å²) in [4.78, 5) is 22.2. The molecule has 1 aromatic carbocycles. The van der Waals surface area contributed by atoms with Crippen molar-refractivity contribution in [3.05, 3.63) is 33.6 Å². The van der Waals surface area contributed by atoms with Crippen LogP contribution in [0.2, 0.25) is 0 Å². The minimum Gasteiger partial charge on any atom is -0.392 e. The van der Waals surface area contributed by atoms with E-state index in [4.69, 9.17) is 5.73 Å². The zero-order chi connectivity index (χ0) is 16.2. The Morgan fingerprint density at radius 1 is 1.43 bits per heavy atom. The Balaban J connectivity index is 3.08. The summed E-state index contributed by atoms with van der Waals surface area (Å²) >= 11 is 0. The highest BCUT2D eigenvalue weighted by Gasteiger charge is 2.25. The molecule has 1 amide bonds. The molecule has 0 aliphatic heterocycles. The van der Waals surface area contributed by atoms with Crippen LogP contribution in [0.1, 0.15) is 44.0 Å². The van der Waals surface area contributed by atoms with E-state index in [1.54, 1.807) is 0 Å². The quantitative estimate of drug-likeness (QED) is 0.479. The van der Waals surface area contributed by atoms with Crippen LogP contribution in [0.25, 0.3) is 0 Å². The van der Waals surface area contributed by atoms with E-state index in [-0.39, 0.29) is 12.0 Å². The van der Waals surface area contributed by atoms with Crippen molar-refractivity contribution in [1.82, 2.24) is 5.32 Å². The number of nitro benzene ring substituents is 1. The Bertz CT molecular complexity index is 545. The van der Waals surface area contributed by atoms with E-state index in [0.717, 1.165) is 25.0 Å². The van der Waals surface area contributed by atoms with E-state index in [9.17, 15) is 19.3 Å². The van der Waals surface area contributed by atoms with E-state index < -0.39 is 33.6 Å². The molecule has 1 unspecified atom stereocenters. The van der Waals surface area contributed by atoms with E-state index in [1.807, 2.05) is 20.8 Å². The molecule has 116 valence electrons. The van der Waals surface area contributed by atoms with Crippen LogP contribution in [0.5, 0.6) is 0 Å². The molecule has 0 fully saturated rings. The first kappa shape index (κ1) is 16.9. The third-order valence-electron chi connectivity index (χ3n) is 3.71. The van der Waals surface area contributed by atoms with Gasteiger partial charge in [-0.25, -0.2) is 4.39 Å². The van der Waals surface area contributed by atoms with Crippen LogP contribution in [-0.2, 0) is 0 Å². The molecule has 0 radical (unpaired) electrons. The lowest BCUT2D eigenvalue weighted by atomic mass is 9.95. The lowest BCUT2D eigenvalue weighted by Crippen LogP contribution is -2.38. The first-order valence-electron chi connectivity index (χ1n) is 6.86. The van der Waals surface area contributed by atoms with Gasteiger partial charge in [0.2, 0.25) is 0 Å². The number of carbonyl (C=O) groups is 1. The van der Waals surface area contributed by atoms with Gasteiger partial charge in [0.15, 0.2) is 0 Å². The summed E-state index contributed by atoms with van der Waals surface area (Å²) in [5.74, 6) is -1.35. The van der Waals surface area contributed by atoms with E-state index in [2.05, 4.69) is 5.32 Å². The Kier molecular flexibility index (Phi) is 5.63. The maximum Gasteiger partial charge on any atom is 0.293 e. The van der Waals surface area contributed by atoms with Gasteiger partial charge < -0.3 is 11.1 Å². The monoisotopic (exact) mass is 297 g/mol. The molecule has 0 aliphatic rings. The maximum absolute atomic E-state index is 13.8. The smallest absolute Gasteiger partial charge is 0.293 e. The van der Waals surface area contributed by atoms with Crippen LogP contribution < -0.4 is 11.1 Å². The van der Waals surface area contributed by atoms with Crippen LogP contribution >= 0.6 is 0 Å². The number of nitrogens with one attached hydrogen (secondary N) is 1. The normalized spacial score (nSPS) is 12.2. The summed E-state index contributed by atoms with van der Waals surface area (Å²) < 4.78 is 13.8. The first-order valence-corrected chi connectivity index (χ1v) is 6.86. The molecule has 1 aromatic rings. The number of rotatable bonds is 6. The second-order valence-corrected chi connectivity index (χ2v) is 4.95. The molecular weight excluding hydrogens is 277 g/mol. The summed E-state index contributed by atoms with van der Waals surface area (Å²) in [6, 6.07) is 1.65. The van der Waals surface area contributed by atoms with Gasteiger partial charge in [-0.3, -0.25) is 14.9 Å². The highest BCUT2D eigenvalue weighted by molar-refractivity contribution is 6.01. The van der Waals surface area contributed by atoms with Gasteiger partial charge in [-0.15, -0.1) is 0 Å². The standard InChI is InChI=1S/C14H20FN3O3/c1-4-9(5-2)8(3)17-14(19)12-10(15)6-7-11(13(12)16)18(20)21/h6-9H,4-5,16H2,1-3H3,(H,17,19). The fourth-order valence-corrected chi connectivity index (χ4v) is 2.36. The number of hydrogen-bond acceptors (Lipinski definition) is 4. The molecular formula is C14H20FN3O3.